The minimum Gasteiger partial charge on any atom is -0.385 e. The molecule has 1 atom stereocenters. The number of nitrogens with zero attached hydrogens (tertiary/aromatic N) is 1. The van der Waals surface area contributed by atoms with Crippen LogP contribution >= 0.6 is 0 Å². The van der Waals surface area contributed by atoms with E-state index in [0.717, 1.165) is 13.0 Å². The molecule has 0 aliphatic carbocycles. The molecule has 0 radical (unpaired) electrons. The third-order valence-electron chi connectivity index (χ3n) is 2.50. The lowest BCUT2D eigenvalue weighted by atomic mass is 10.3. The number of methoxy groups -OCH3 is 1. The Labute approximate surface area is 81.4 Å². The third-order valence-corrected chi connectivity index (χ3v) is 2.50. The molecule has 1 aliphatic rings. The van der Waals surface area contributed by atoms with E-state index in [-0.39, 0.29) is 0 Å². The zero-order valence-electron chi connectivity index (χ0n) is 8.88. The normalized spacial score (nSPS) is 25.8. The molecule has 3 heteroatoms. The highest BCUT2D eigenvalue weighted by Gasteiger charge is 2.12. The van der Waals surface area contributed by atoms with Crippen molar-refractivity contribution < 1.29 is 4.74 Å². The highest BCUT2D eigenvalue weighted by molar-refractivity contribution is 4.72. The average molecular weight is 186 g/mol. The average Bonchev–Trinajstić information content (AvgIpc) is 2.31. The SMILES string of the molecule is COCCCN1CCCN[C@@H](C)C1. The summed E-state index contributed by atoms with van der Waals surface area (Å²) in [6.45, 7) is 7.92. The Morgan fingerprint density at radius 3 is 3.15 bits per heavy atom. The molecule has 1 rings (SSSR count). The molecule has 1 N–H and O–H groups in total. The van der Waals surface area contributed by atoms with Gasteiger partial charge in [-0.05, 0) is 32.9 Å². The lowest BCUT2D eigenvalue weighted by Crippen LogP contribution is -2.36. The quantitative estimate of drug-likeness (QED) is 0.654. The first-order chi connectivity index (χ1) is 6.33. The van der Waals surface area contributed by atoms with Crippen molar-refractivity contribution in [2.75, 3.05) is 39.9 Å². The summed E-state index contributed by atoms with van der Waals surface area (Å²) in [4.78, 5) is 2.53. The molecule has 3 nitrogen and oxygen atoms in total. The fraction of sp³-hybridized carbons (Fsp3) is 1.00. The van der Waals surface area contributed by atoms with Crippen LogP contribution in [0.2, 0.25) is 0 Å². The Hall–Kier alpha value is -0.120. The number of ether oxygens (including phenoxy) is 1. The van der Waals surface area contributed by atoms with Crippen molar-refractivity contribution in [3.8, 4) is 0 Å². The van der Waals surface area contributed by atoms with Crippen molar-refractivity contribution in [3.05, 3.63) is 0 Å². The van der Waals surface area contributed by atoms with E-state index in [1.54, 1.807) is 7.11 Å². The van der Waals surface area contributed by atoms with Gasteiger partial charge in [-0.15, -0.1) is 0 Å². The summed E-state index contributed by atoms with van der Waals surface area (Å²) in [7, 11) is 1.77. The zero-order chi connectivity index (χ0) is 9.52. The van der Waals surface area contributed by atoms with Crippen molar-refractivity contribution in [2.45, 2.75) is 25.8 Å². The van der Waals surface area contributed by atoms with E-state index in [1.807, 2.05) is 0 Å². The minimum absolute atomic E-state index is 0.644. The zero-order valence-corrected chi connectivity index (χ0v) is 8.88. The van der Waals surface area contributed by atoms with Crippen molar-refractivity contribution >= 4 is 0 Å². The molecule has 0 unspecified atom stereocenters. The van der Waals surface area contributed by atoms with Crippen LogP contribution in [0.4, 0.5) is 0 Å². The summed E-state index contributed by atoms with van der Waals surface area (Å²) in [6.07, 6.45) is 2.43. The Bertz CT molecular complexity index is 130. The van der Waals surface area contributed by atoms with Crippen LogP contribution in [-0.2, 0) is 4.74 Å². The predicted octanol–water partition coefficient (Wildman–Crippen LogP) is 0.707. The molecule has 0 aromatic rings. The topological polar surface area (TPSA) is 24.5 Å². The van der Waals surface area contributed by atoms with Crippen LogP contribution in [-0.4, -0.2) is 50.8 Å². The van der Waals surface area contributed by atoms with E-state index in [0.29, 0.717) is 6.04 Å². The van der Waals surface area contributed by atoms with E-state index < -0.39 is 0 Å². The van der Waals surface area contributed by atoms with Gasteiger partial charge in [-0.2, -0.15) is 0 Å². The van der Waals surface area contributed by atoms with E-state index in [4.69, 9.17) is 4.74 Å². The molecule has 0 aromatic heterocycles. The van der Waals surface area contributed by atoms with Crippen molar-refractivity contribution in [2.24, 2.45) is 0 Å². The number of rotatable bonds is 4. The van der Waals surface area contributed by atoms with E-state index in [9.17, 15) is 0 Å². The second-order valence-corrected chi connectivity index (χ2v) is 3.86. The Kier molecular flexibility index (Phi) is 5.35. The maximum atomic E-state index is 5.05. The van der Waals surface area contributed by atoms with Crippen LogP contribution in [0.3, 0.4) is 0 Å². The van der Waals surface area contributed by atoms with Gasteiger partial charge in [0.1, 0.15) is 0 Å². The maximum absolute atomic E-state index is 5.05. The van der Waals surface area contributed by atoms with E-state index in [2.05, 4.69) is 17.1 Å². The van der Waals surface area contributed by atoms with Crippen LogP contribution < -0.4 is 5.32 Å². The summed E-state index contributed by atoms with van der Waals surface area (Å²) in [6, 6.07) is 0.644. The molecule has 1 heterocycles. The molecule has 1 saturated heterocycles. The van der Waals surface area contributed by atoms with Gasteiger partial charge in [0, 0.05) is 32.8 Å². The van der Waals surface area contributed by atoms with Crippen LogP contribution in [0.1, 0.15) is 19.8 Å². The minimum atomic E-state index is 0.644. The number of nitrogens with one attached hydrogen (secondary N) is 1. The highest BCUT2D eigenvalue weighted by Crippen LogP contribution is 2.01. The van der Waals surface area contributed by atoms with Gasteiger partial charge < -0.3 is 15.0 Å². The van der Waals surface area contributed by atoms with Gasteiger partial charge in [-0.1, -0.05) is 0 Å². The summed E-state index contributed by atoms with van der Waals surface area (Å²) >= 11 is 0. The molecule has 0 aromatic carbocycles. The first-order valence-electron chi connectivity index (χ1n) is 5.27. The van der Waals surface area contributed by atoms with Crippen molar-refractivity contribution in [3.63, 3.8) is 0 Å². The summed E-state index contributed by atoms with van der Waals surface area (Å²) in [5.41, 5.74) is 0. The van der Waals surface area contributed by atoms with Crippen molar-refractivity contribution in [1.82, 2.24) is 10.2 Å². The fourth-order valence-corrected chi connectivity index (χ4v) is 1.83. The summed E-state index contributed by atoms with van der Waals surface area (Å²) in [5.74, 6) is 0. The van der Waals surface area contributed by atoms with Gasteiger partial charge in [0.2, 0.25) is 0 Å². The molecule has 13 heavy (non-hydrogen) atoms. The predicted molar refractivity (Wildman–Crippen MR) is 55.0 cm³/mol. The molecule has 0 amide bonds. The largest absolute Gasteiger partial charge is 0.385 e. The third kappa shape index (κ3) is 4.60. The molecule has 78 valence electrons. The Balaban J connectivity index is 2.15. The van der Waals surface area contributed by atoms with Gasteiger partial charge in [0.25, 0.3) is 0 Å². The van der Waals surface area contributed by atoms with Crippen LogP contribution in [0, 0.1) is 0 Å². The van der Waals surface area contributed by atoms with Crippen LogP contribution in [0.25, 0.3) is 0 Å². The van der Waals surface area contributed by atoms with Crippen molar-refractivity contribution in [1.29, 1.82) is 0 Å². The van der Waals surface area contributed by atoms with Gasteiger partial charge in [-0.25, -0.2) is 0 Å². The number of hydrogen-bond donors (Lipinski definition) is 1. The molecule has 0 saturated carbocycles. The second-order valence-electron chi connectivity index (χ2n) is 3.86. The Morgan fingerprint density at radius 1 is 1.54 bits per heavy atom. The van der Waals surface area contributed by atoms with Gasteiger partial charge in [-0.3, -0.25) is 0 Å². The molecular weight excluding hydrogens is 164 g/mol. The standard InChI is InChI=1S/C10H22N2O/c1-10-9-12(6-3-5-11-10)7-4-8-13-2/h10-11H,3-9H2,1-2H3/t10-/m0/s1. The maximum Gasteiger partial charge on any atom is 0.0474 e. The lowest BCUT2D eigenvalue weighted by Gasteiger charge is -2.21. The first kappa shape index (κ1) is 11.0. The second kappa shape index (κ2) is 6.35. The molecular formula is C10H22N2O. The fourth-order valence-electron chi connectivity index (χ4n) is 1.83. The Morgan fingerprint density at radius 2 is 2.38 bits per heavy atom. The highest BCUT2D eigenvalue weighted by atomic mass is 16.5. The molecule has 0 spiro atoms. The molecule has 1 aliphatic heterocycles. The van der Waals surface area contributed by atoms with Crippen LogP contribution in [0.5, 0.6) is 0 Å². The smallest absolute Gasteiger partial charge is 0.0474 e. The van der Waals surface area contributed by atoms with Gasteiger partial charge >= 0.3 is 0 Å². The lowest BCUT2D eigenvalue weighted by molar-refractivity contribution is 0.171. The summed E-state index contributed by atoms with van der Waals surface area (Å²) < 4.78 is 5.05. The molecule has 0 bridgehead atoms. The van der Waals surface area contributed by atoms with Gasteiger partial charge in [0.15, 0.2) is 0 Å². The van der Waals surface area contributed by atoms with Crippen LogP contribution in [0.15, 0.2) is 0 Å². The van der Waals surface area contributed by atoms with Gasteiger partial charge in [0.05, 0.1) is 0 Å². The summed E-state index contributed by atoms with van der Waals surface area (Å²) in [5, 5.41) is 3.49. The van der Waals surface area contributed by atoms with E-state index >= 15 is 0 Å². The number of hydrogen-bond acceptors (Lipinski definition) is 3. The molecule has 1 fully saturated rings. The van der Waals surface area contributed by atoms with E-state index in [1.165, 1.54) is 32.6 Å². The monoisotopic (exact) mass is 186 g/mol. The first-order valence-corrected chi connectivity index (χ1v) is 5.27.